The van der Waals surface area contributed by atoms with E-state index in [9.17, 15) is 4.79 Å². The molecule has 0 aromatic carbocycles. The molecule has 1 saturated heterocycles. The first-order chi connectivity index (χ1) is 4.25. The lowest BCUT2D eigenvalue weighted by Crippen LogP contribution is -2.58. The number of carbonyl (C=O) groups is 1. The summed E-state index contributed by atoms with van der Waals surface area (Å²) in [6, 6.07) is -0.333. The minimum absolute atomic E-state index is 0.183. The minimum atomic E-state index is -0.333. The quantitative estimate of drug-likeness (QED) is 0.492. The number of carbonyl (C=O) groups excluding carboxylic acids is 1. The zero-order valence-corrected chi connectivity index (χ0v) is 5.42. The normalized spacial score (nSPS) is 25.4. The monoisotopic (exact) mass is 129 g/mol. The van der Waals surface area contributed by atoms with Crippen molar-refractivity contribution in [2.75, 3.05) is 13.6 Å². The molecule has 3 N–H and O–H groups in total. The second kappa shape index (κ2) is 2.23. The van der Waals surface area contributed by atoms with E-state index in [0.717, 1.165) is 13.0 Å². The van der Waals surface area contributed by atoms with E-state index >= 15 is 0 Å². The van der Waals surface area contributed by atoms with E-state index in [-0.39, 0.29) is 12.2 Å². The lowest BCUT2D eigenvalue weighted by Gasteiger charge is -2.39. The lowest BCUT2D eigenvalue weighted by atomic mass is 10.1. The van der Waals surface area contributed by atoms with E-state index in [1.54, 1.807) is 4.90 Å². The van der Waals surface area contributed by atoms with Crippen LogP contribution in [0.1, 0.15) is 6.42 Å². The first kappa shape index (κ1) is 6.35. The third-order valence-electron chi connectivity index (χ3n) is 1.64. The fourth-order valence-electron chi connectivity index (χ4n) is 0.951. The Balaban J connectivity index is 2.35. The molecule has 0 bridgehead atoms. The number of primary amides is 1. The Morgan fingerprint density at radius 1 is 1.89 bits per heavy atom. The van der Waals surface area contributed by atoms with Crippen LogP contribution in [0.15, 0.2) is 0 Å². The molecule has 0 radical (unpaired) electrons. The van der Waals surface area contributed by atoms with Gasteiger partial charge in [0.25, 0.3) is 0 Å². The predicted octanol–water partition coefficient (Wildman–Crippen LogP) is -0.684. The number of urea groups is 1. The number of amides is 2. The predicted molar refractivity (Wildman–Crippen MR) is 33.8 cm³/mol. The van der Waals surface area contributed by atoms with Crippen molar-refractivity contribution in [1.29, 1.82) is 0 Å². The molecule has 1 rings (SSSR count). The first-order valence-electron chi connectivity index (χ1n) is 2.99. The van der Waals surface area contributed by atoms with Crippen molar-refractivity contribution in [1.82, 2.24) is 10.2 Å². The summed E-state index contributed by atoms with van der Waals surface area (Å²) in [6.07, 6.45) is 1.20. The van der Waals surface area contributed by atoms with Crippen LogP contribution in [0.5, 0.6) is 0 Å². The molecule has 0 saturated carbocycles. The molecular weight excluding hydrogens is 118 g/mol. The van der Waals surface area contributed by atoms with Crippen LogP contribution in [-0.4, -0.2) is 30.7 Å². The average Bonchev–Trinajstić information content (AvgIpc) is 1.61. The number of nitrogens with one attached hydrogen (secondary N) is 1. The molecule has 1 aliphatic rings. The first-order valence-corrected chi connectivity index (χ1v) is 2.99. The van der Waals surface area contributed by atoms with Crippen molar-refractivity contribution in [3.05, 3.63) is 0 Å². The van der Waals surface area contributed by atoms with Gasteiger partial charge in [-0.3, -0.25) is 0 Å². The van der Waals surface area contributed by atoms with Crippen LogP contribution in [0.4, 0.5) is 4.79 Å². The molecule has 4 heteroatoms. The Bertz CT molecular complexity index is 123. The van der Waals surface area contributed by atoms with Gasteiger partial charge in [-0.15, -0.1) is 0 Å². The van der Waals surface area contributed by atoms with E-state index < -0.39 is 0 Å². The van der Waals surface area contributed by atoms with Crippen LogP contribution < -0.4 is 11.1 Å². The molecule has 9 heavy (non-hydrogen) atoms. The number of hydrogen-bond donors (Lipinski definition) is 2. The van der Waals surface area contributed by atoms with Gasteiger partial charge in [-0.2, -0.15) is 0 Å². The number of rotatable bonds is 1. The summed E-state index contributed by atoms with van der Waals surface area (Å²) in [6.45, 7) is 0.792. The van der Waals surface area contributed by atoms with E-state index in [1.807, 2.05) is 7.05 Å². The summed E-state index contributed by atoms with van der Waals surface area (Å²) < 4.78 is 0. The van der Waals surface area contributed by atoms with Gasteiger partial charge in [0.05, 0.1) is 6.17 Å². The summed E-state index contributed by atoms with van der Waals surface area (Å²) in [5, 5.41) is 2.96. The smallest absolute Gasteiger partial charge is 0.316 e. The number of hydrogen-bond acceptors (Lipinski definition) is 2. The third kappa shape index (κ3) is 0.977. The molecule has 0 aromatic rings. The molecule has 2 amide bonds. The molecule has 1 unspecified atom stereocenters. The Labute approximate surface area is 54.0 Å². The fourth-order valence-corrected chi connectivity index (χ4v) is 0.951. The molecule has 1 atom stereocenters. The van der Waals surface area contributed by atoms with E-state index in [2.05, 4.69) is 5.32 Å². The van der Waals surface area contributed by atoms with E-state index in [4.69, 9.17) is 5.73 Å². The van der Waals surface area contributed by atoms with Gasteiger partial charge in [0.15, 0.2) is 0 Å². The number of likely N-dealkylation sites (tertiary alicyclic amines) is 1. The largest absolute Gasteiger partial charge is 0.351 e. The zero-order chi connectivity index (χ0) is 6.85. The van der Waals surface area contributed by atoms with Crippen molar-refractivity contribution in [2.24, 2.45) is 5.73 Å². The van der Waals surface area contributed by atoms with Crippen molar-refractivity contribution in [3.63, 3.8) is 0 Å². The molecule has 1 fully saturated rings. The third-order valence-corrected chi connectivity index (χ3v) is 1.64. The highest BCUT2D eigenvalue weighted by atomic mass is 16.2. The molecular formula is C5H11N3O. The van der Waals surface area contributed by atoms with Gasteiger partial charge in [-0.05, 0) is 13.5 Å². The van der Waals surface area contributed by atoms with Crippen LogP contribution in [0.3, 0.4) is 0 Å². The Hall–Kier alpha value is -0.770. The van der Waals surface area contributed by atoms with Gasteiger partial charge >= 0.3 is 6.03 Å². The molecule has 52 valence electrons. The zero-order valence-electron chi connectivity index (χ0n) is 5.42. The topological polar surface area (TPSA) is 58.4 Å². The van der Waals surface area contributed by atoms with Crippen LogP contribution in [0, 0.1) is 0 Å². The standard InChI is InChI=1S/C5H11N3O/c1-7-4-2-3-8(4)5(6)9/h4,7H,2-3H2,1H3,(H2,6,9). The fraction of sp³-hybridized carbons (Fsp3) is 0.800. The highest BCUT2D eigenvalue weighted by Gasteiger charge is 2.28. The average molecular weight is 129 g/mol. The maximum Gasteiger partial charge on any atom is 0.316 e. The van der Waals surface area contributed by atoms with Gasteiger partial charge in [-0.25, -0.2) is 4.79 Å². The molecule has 1 aliphatic heterocycles. The van der Waals surface area contributed by atoms with Gasteiger partial charge in [0, 0.05) is 6.54 Å². The highest BCUT2D eigenvalue weighted by Crippen LogP contribution is 2.12. The summed E-state index contributed by atoms with van der Waals surface area (Å²) in [7, 11) is 1.82. The number of nitrogens with zero attached hydrogens (tertiary/aromatic N) is 1. The van der Waals surface area contributed by atoms with Gasteiger partial charge in [0.1, 0.15) is 0 Å². The molecule has 1 heterocycles. The molecule has 0 aliphatic carbocycles. The van der Waals surface area contributed by atoms with Gasteiger partial charge < -0.3 is 16.0 Å². The minimum Gasteiger partial charge on any atom is -0.351 e. The molecule has 0 aromatic heterocycles. The Morgan fingerprint density at radius 3 is 2.67 bits per heavy atom. The maximum atomic E-state index is 10.5. The highest BCUT2D eigenvalue weighted by molar-refractivity contribution is 5.73. The molecule has 0 spiro atoms. The van der Waals surface area contributed by atoms with Crippen LogP contribution in [0.2, 0.25) is 0 Å². The van der Waals surface area contributed by atoms with Crippen molar-refractivity contribution < 1.29 is 4.79 Å². The maximum absolute atomic E-state index is 10.5. The van der Waals surface area contributed by atoms with Crippen LogP contribution >= 0.6 is 0 Å². The second-order valence-corrected chi connectivity index (χ2v) is 2.12. The summed E-state index contributed by atoms with van der Waals surface area (Å²) in [5.74, 6) is 0. The SMILES string of the molecule is CNC1CCN1C(N)=O. The van der Waals surface area contributed by atoms with Crippen molar-refractivity contribution >= 4 is 6.03 Å². The van der Waals surface area contributed by atoms with Crippen LogP contribution in [0.25, 0.3) is 0 Å². The van der Waals surface area contributed by atoms with Gasteiger partial charge in [0.2, 0.25) is 0 Å². The van der Waals surface area contributed by atoms with E-state index in [0.29, 0.717) is 0 Å². The van der Waals surface area contributed by atoms with Gasteiger partial charge in [-0.1, -0.05) is 0 Å². The van der Waals surface area contributed by atoms with E-state index in [1.165, 1.54) is 0 Å². The van der Waals surface area contributed by atoms with Crippen molar-refractivity contribution in [3.8, 4) is 0 Å². The lowest BCUT2D eigenvalue weighted by molar-refractivity contribution is 0.106. The summed E-state index contributed by atoms with van der Waals surface area (Å²) in [5.41, 5.74) is 5.01. The Morgan fingerprint density at radius 2 is 2.56 bits per heavy atom. The second-order valence-electron chi connectivity index (χ2n) is 2.12. The number of nitrogens with two attached hydrogens (primary N) is 1. The summed E-state index contributed by atoms with van der Waals surface area (Å²) >= 11 is 0. The summed E-state index contributed by atoms with van der Waals surface area (Å²) in [4.78, 5) is 12.1. The van der Waals surface area contributed by atoms with Crippen LogP contribution in [-0.2, 0) is 0 Å². The van der Waals surface area contributed by atoms with Crippen molar-refractivity contribution in [2.45, 2.75) is 12.6 Å². The Kier molecular flexibility index (Phi) is 1.57. The molecule has 4 nitrogen and oxygen atoms in total.